The van der Waals surface area contributed by atoms with Crippen LogP contribution < -0.4 is 0 Å². The van der Waals surface area contributed by atoms with E-state index < -0.39 is 0 Å². The number of carbonyl (C=O) groups excluding carboxylic acids is 1. The van der Waals surface area contributed by atoms with Crippen LogP contribution in [-0.4, -0.2) is 18.5 Å². The van der Waals surface area contributed by atoms with Gasteiger partial charge in [-0.25, -0.2) is 0 Å². The van der Waals surface area contributed by atoms with Crippen LogP contribution in [0.15, 0.2) is 22.7 Å². The van der Waals surface area contributed by atoms with Gasteiger partial charge in [-0.1, -0.05) is 17.7 Å². The number of halogens is 2. The normalized spacial score (nSPS) is 19.5. The van der Waals surface area contributed by atoms with Gasteiger partial charge in [0.1, 0.15) is 0 Å². The van der Waals surface area contributed by atoms with Gasteiger partial charge in [0.05, 0.1) is 11.1 Å². The summed E-state index contributed by atoms with van der Waals surface area (Å²) in [6, 6.07) is 5.43. The molecule has 0 spiro atoms. The van der Waals surface area contributed by atoms with Crippen LogP contribution in [0.2, 0.25) is 5.02 Å². The Morgan fingerprint density at radius 1 is 1.53 bits per heavy atom. The summed E-state index contributed by atoms with van der Waals surface area (Å²) >= 11 is 9.41. The summed E-state index contributed by atoms with van der Waals surface area (Å²) in [4.78, 5) is 12.0. The maximum absolute atomic E-state index is 12.0. The third-order valence-electron chi connectivity index (χ3n) is 2.97. The third kappa shape index (κ3) is 3.30. The van der Waals surface area contributed by atoms with E-state index in [9.17, 15) is 4.79 Å². The van der Waals surface area contributed by atoms with Crippen molar-refractivity contribution in [3.63, 3.8) is 0 Å². The zero-order valence-electron chi connectivity index (χ0n) is 9.42. The summed E-state index contributed by atoms with van der Waals surface area (Å²) in [5, 5.41) is 0.504. The van der Waals surface area contributed by atoms with E-state index >= 15 is 0 Å². The quantitative estimate of drug-likeness (QED) is 0.776. The Bertz CT molecular complexity index is 414. The van der Waals surface area contributed by atoms with Crippen LogP contribution in [0, 0.1) is 0 Å². The van der Waals surface area contributed by atoms with E-state index in [4.69, 9.17) is 16.3 Å². The Labute approximate surface area is 114 Å². The first kappa shape index (κ1) is 13.1. The lowest BCUT2D eigenvalue weighted by atomic mass is 10.0. The molecule has 0 amide bonds. The average Bonchev–Trinajstić information content (AvgIpc) is 2.82. The molecule has 2 rings (SSSR count). The van der Waals surface area contributed by atoms with Gasteiger partial charge < -0.3 is 4.74 Å². The van der Waals surface area contributed by atoms with Gasteiger partial charge in [0, 0.05) is 23.1 Å². The standard InChI is InChI=1S/C13H14BrClO2/c14-11-5-1-4-10(13(11)15)12(16)7-6-9-3-2-8-17-9/h1,4-5,9H,2-3,6-8H2. The number of carbonyl (C=O) groups is 1. The first-order chi connectivity index (χ1) is 8.18. The van der Waals surface area contributed by atoms with Crippen molar-refractivity contribution in [1.82, 2.24) is 0 Å². The van der Waals surface area contributed by atoms with E-state index in [0.717, 1.165) is 30.3 Å². The van der Waals surface area contributed by atoms with Crippen molar-refractivity contribution < 1.29 is 9.53 Å². The highest BCUT2D eigenvalue weighted by Crippen LogP contribution is 2.27. The van der Waals surface area contributed by atoms with E-state index in [1.807, 2.05) is 12.1 Å². The highest BCUT2D eigenvalue weighted by molar-refractivity contribution is 9.10. The monoisotopic (exact) mass is 316 g/mol. The molecule has 2 nitrogen and oxygen atoms in total. The lowest BCUT2D eigenvalue weighted by molar-refractivity contribution is 0.0859. The lowest BCUT2D eigenvalue weighted by Gasteiger charge is -2.09. The van der Waals surface area contributed by atoms with Crippen LogP contribution in [0.1, 0.15) is 36.0 Å². The minimum absolute atomic E-state index is 0.0896. The number of ether oxygens (including phenoxy) is 1. The number of hydrogen-bond donors (Lipinski definition) is 0. The van der Waals surface area contributed by atoms with Gasteiger partial charge in [0.25, 0.3) is 0 Å². The van der Waals surface area contributed by atoms with E-state index in [1.54, 1.807) is 6.07 Å². The molecule has 4 heteroatoms. The number of ketones is 1. The van der Waals surface area contributed by atoms with Crippen LogP contribution in [0.3, 0.4) is 0 Å². The third-order valence-corrected chi connectivity index (χ3v) is 4.27. The molecule has 1 aliphatic heterocycles. The lowest BCUT2D eigenvalue weighted by Crippen LogP contribution is -2.09. The molecular formula is C13H14BrClO2. The van der Waals surface area contributed by atoms with Gasteiger partial charge >= 0.3 is 0 Å². The summed E-state index contributed by atoms with van der Waals surface area (Å²) in [6.45, 7) is 0.830. The zero-order chi connectivity index (χ0) is 12.3. The van der Waals surface area contributed by atoms with Gasteiger partial charge in [-0.2, -0.15) is 0 Å². The molecule has 92 valence electrons. The predicted octanol–water partition coefficient (Wildman–Crippen LogP) is 4.24. The Kier molecular flexibility index (Phi) is 4.60. The van der Waals surface area contributed by atoms with Crippen LogP contribution >= 0.6 is 27.5 Å². The summed E-state index contributed by atoms with van der Waals surface area (Å²) in [5.41, 5.74) is 0.596. The molecule has 1 saturated heterocycles. The van der Waals surface area contributed by atoms with Crippen LogP contribution in [0.5, 0.6) is 0 Å². The van der Waals surface area contributed by atoms with E-state index in [-0.39, 0.29) is 11.9 Å². The maximum atomic E-state index is 12.0. The molecule has 0 aliphatic carbocycles. The highest BCUT2D eigenvalue weighted by Gasteiger charge is 2.18. The number of Topliss-reactive ketones (excluding diaryl/α,β-unsaturated/α-hetero) is 1. The van der Waals surface area contributed by atoms with Crippen molar-refractivity contribution >= 4 is 33.3 Å². The molecule has 0 radical (unpaired) electrons. The molecule has 0 N–H and O–H groups in total. The minimum Gasteiger partial charge on any atom is -0.378 e. The Balaban J connectivity index is 1.97. The molecule has 0 aromatic heterocycles. The second-order valence-corrected chi connectivity index (χ2v) is 5.43. The van der Waals surface area contributed by atoms with E-state index in [0.29, 0.717) is 17.0 Å². The summed E-state index contributed by atoms with van der Waals surface area (Å²) in [5.74, 6) is 0.0896. The first-order valence-electron chi connectivity index (χ1n) is 5.77. The van der Waals surface area contributed by atoms with Gasteiger partial charge in [0.15, 0.2) is 5.78 Å². The molecule has 1 fully saturated rings. The van der Waals surface area contributed by atoms with Gasteiger partial charge in [0.2, 0.25) is 0 Å². The van der Waals surface area contributed by atoms with E-state index in [2.05, 4.69) is 15.9 Å². The molecular weight excluding hydrogens is 303 g/mol. The van der Waals surface area contributed by atoms with E-state index in [1.165, 1.54) is 0 Å². The molecule has 1 atom stereocenters. The summed E-state index contributed by atoms with van der Waals surface area (Å²) in [7, 11) is 0. The molecule has 1 aliphatic rings. The molecule has 17 heavy (non-hydrogen) atoms. The zero-order valence-corrected chi connectivity index (χ0v) is 11.8. The summed E-state index contributed by atoms with van der Waals surface area (Å²) < 4.78 is 6.26. The van der Waals surface area contributed by atoms with Crippen LogP contribution in [-0.2, 0) is 4.74 Å². The Morgan fingerprint density at radius 2 is 2.35 bits per heavy atom. The SMILES string of the molecule is O=C(CCC1CCCO1)c1cccc(Br)c1Cl. The Morgan fingerprint density at radius 3 is 3.06 bits per heavy atom. The smallest absolute Gasteiger partial charge is 0.164 e. The average molecular weight is 318 g/mol. The largest absolute Gasteiger partial charge is 0.378 e. The summed E-state index contributed by atoms with van der Waals surface area (Å²) in [6.07, 6.45) is 3.73. The molecule has 1 aromatic carbocycles. The fraction of sp³-hybridized carbons (Fsp3) is 0.462. The second kappa shape index (κ2) is 5.98. The van der Waals surface area contributed by atoms with Gasteiger partial charge in [-0.05, 0) is 47.3 Å². The predicted molar refractivity (Wildman–Crippen MR) is 71.7 cm³/mol. The fourth-order valence-corrected chi connectivity index (χ4v) is 2.62. The van der Waals surface area contributed by atoms with Crippen LogP contribution in [0.4, 0.5) is 0 Å². The molecule has 1 aromatic rings. The maximum Gasteiger partial charge on any atom is 0.164 e. The number of benzene rings is 1. The van der Waals surface area contributed by atoms with Crippen molar-refractivity contribution in [1.29, 1.82) is 0 Å². The van der Waals surface area contributed by atoms with Crippen molar-refractivity contribution in [2.75, 3.05) is 6.61 Å². The highest BCUT2D eigenvalue weighted by atomic mass is 79.9. The molecule has 1 heterocycles. The number of hydrogen-bond acceptors (Lipinski definition) is 2. The topological polar surface area (TPSA) is 26.3 Å². The molecule has 0 saturated carbocycles. The van der Waals surface area contributed by atoms with Crippen molar-refractivity contribution in [2.45, 2.75) is 31.8 Å². The van der Waals surface area contributed by atoms with Gasteiger partial charge in [-0.15, -0.1) is 0 Å². The minimum atomic E-state index is 0.0896. The number of rotatable bonds is 4. The first-order valence-corrected chi connectivity index (χ1v) is 6.94. The Hall–Kier alpha value is -0.380. The van der Waals surface area contributed by atoms with Crippen molar-refractivity contribution in [3.8, 4) is 0 Å². The molecule has 1 unspecified atom stereocenters. The van der Waals surface area contributed by atoms with Gasteiger partial charge in [-0.3, -0.25) is 4.79 Å². The fourth-order valence-electron chi connectivity index (χ4n) is 2.02. The van der Waals surface area contributed by atoms with Crippen molar-refractivity contribution in [2.24, 2.45) is 0 Å². The molecule has 0 bridgehead atoms. The van der Waals surface area contributed by atoms with Crippen molar-refractivity contribution in [3.05, 3.63) is 33.3 Å². The second-order valence-electron chi connectivity index (χ2n) is 4.20. The van der Waals surface area contributed by atoms with Crippen LogP contribution in [0.25, 0.3) is 0 Å².